The van der Waals surface area contributed by atoms with Crippen LogP contribution in [0.15, 0.2) is 18.2 Å². The number of aryl methyl sites for hydroxylation is 1. The number of hydrogen-bond donors (Lipinski definition) is 2. The van der Waals surface area contributed by atoms with Crippen molar-refractivity contribution in [1.82, 2.24) is 15.5 Å². The number of nitrogens with one attached hydrogen (secondary N) is 2. The third-order valence-electron chi connectivity index (χ3n) is 4.32. The maximum absolute atomic E-state index is 12.0. The highest BCUT2D eigenvalue weighted by molar-refractivity contribution is 6.30. The molecule has 1 heterocycles. The summed E-state index contributed by atoms with van der Waals surface area (Å²) in [6, 6.07) is 5.49. The quantitative estimate of drug-likeness (QED) is 0.759. The summed E-state index contributed by atoms with van der Waals surface area (Å²) in [4.78, 5) is 27.9. The smallest absolute Gasteiger partial charge is 0.321 e. The van der Waals surface area contributed by atoms with E-state index in [9.17, 15) is 9.59 Å². The van der Waals surface area contributed by atoms with E-state index in [2.05, 4.69) is 34.3 Å². The maximum atomic E-state index is 12.0. The molecule has 2 N–H and O–H groups in total. The minimum absolute atomic E-state index is 0.240. The van der Waals surface area contributed by atoms with Gasteiger partial charge in [-0.05, 0) is 31.0 Å². The molecular weight excluding hydrogens is 340 g/mol. The predicted molar refractivity (Wildman–Crippen MR) is 101 cm³/mol. The Balaban J connectivity index is 1.75. The van der Waals surface area contributed by atoms with Crippen molar-refractivity contribution in [2.45, 2.75) is 26.7 Å². The van der Waals surface area contributed by atoms with Crippen LogP contribution in [0.25, 0.3) is 0 Å². The zero-order valence-electron chi connectivity index (χ0n) is 15.0. The highest BCUT2D eigenvalue weighted by atomic mass is 35.5. The maximum Gasteiger partial charge on any atom is 0.321 e. The Hall–Kier alpha value is -1.79. The van der Waals surface area contributed by atoms with Gasteiger partial charge < -0.3 is 10.2 Å². The van der Waals surface area contributed by atoms with Gasteiger partial charge in [0.1, 0.15) is 0 Å². The number of amides is 3. The van der Waals surface area contributed by atoms with Gasteiger partial charge in [0, 0.05) is 43.4 Å². The minimum atomic E-state index is -0.411. The van der Waals surface area contributed by atoms with Gasteiger partial charge in [0.25, 0.3) is 0 Å². The topological polar surface area (TPSA) is 64.7 Å². The highest BCUT2D eigenvalue weighted by Gasteiger charge is 2.21. The summed E-state index contributed by atoms with van der Waals surface area (Å²) in [6.45, 7) is 8.16. The molecule has 138 valence electrons. The van der Waals surface area contributed by atoms with E-state index in [0.29, 0.717) is 6.54 Å². The van der Waals surface area contributed by atoms with Gasteiger partial charge in [-0.2, -0.15) is 0 Å². The van der Waals surface area contributed by atoms with Crippen molar-refractivity contribution < 1.29 is 9.59 Å². The number of nitrogens with zero attached hydrogens (tertiary/aromatic N) is 2. The van der Waals surface area contributed by atoms with Crippen LogP contribution in [0.3, 0.4) is 0 Å². The number of carbonyl (C=O) groups is 2. The van der Waals surface area contributed by atoms with Crippen molar-refractivity contribution >= 4 is 29.2 Å². The molecule has 2 rings (SSSR count). The lowest BCUT2D eigenvalue weighted by Gasteiger charge is -2.36. The average Bonchev–Trinajstić information content (AvgIpc) is 2.58. The Kier molecular flexibility index (Phi) is 7.52. The van der Waals surface area contributed by atoms with Gasteiger partial charge in [-0.25, -0.2) is 4.79 Å². The van der Waals surface area contributed by atoms with Gasteiger partial charge >= 0.3 is 6.03 Å². The summed E-state index contributed by atoms with van der Waals surface area (Å²) < 4.78 is 0. The van der Waals surface area contributed by atoms with Crippen molar-refractivity contribution in [3.63, 3.8) is 0 Å². The Labute approximate surface area is 154 Å². The van der Waals surface area contributed by atoms with Gasteiger partial charge in [0.15, 0.2) is 0 Å². The largest absolute Gasteiger partial charge is 0.369 e. The fourth-order valence-corrected chi connectivity index (χ4v) is 3.03. The molecule has 0 aromatic heterocycles. The number of imide groups is 1. The molecule has 0 bridgehead atoms. The van der Waals surface area contributed by atoms with Gasteiger partial charge in [-0.1, -0.05) is 31.0 Å². The van der Waals surface area contributed by atoms with E-state index in [4.69, 9.17) is 11.6 Å². The first kappa shape index (κ1) is 19.5. The second kappa shape index (κ2) is 9.63. The lowest BCUT2D eigenvalue weighted by Crippen LogP contribution is -2.51. The molecule has 1 aromatic carbocycles. The van der Waals surface area contributed by atoms with Gasteiger partial charge in [-0.3, -0.25) is 15.0 Å². The van der Waals surface area contributed by atoms with E-state index in [0.717, 1.165) is 49.7 Å². The summed E-state index contributed by atoms with van der Waals surface area (Å²) in [5.41, 5.74) is 2.34. The molecule has 1 aliphatic rings. The number of unbranched alkanes of at least 4 members (excludes halogenated alkanes) is 1. The number of halogens is 1. The monoisotopic (exact) mass is 366 g/mol. The lowest BCUT2D eigenvalue weighted by molar-refractivity contribution is -0.121. The second-order valence-corrected chi connectivity index (χ2v) is 6.79. The molecule has 25 heavy (non-hydrogen) atoms. The van der Waals surface area contributed by atoms with Crippen molar-refractivity contribution in [3.8, 4) is 0 Å². The molecule has 7 heteroatoms. The predicted octanol–water partition coefficient (Wildman–Crippen LogP) is 2.40. The zero-order chi connectivity index (χ0) is 18.2. The summed E-state index contributed by atoms with van der Waals surface area (Å²) in [5, 5.41) is 5.80. The van der Waals surface area contributed by atoms with E-state index >= 15 is 0 Å². The average molecular weight is 367 g/mol. The van der Waals surface area contributed by atoms with Crippen LogP contribution in [0.1, 0.15) is 25.3 Å². The van der Waals surface area contributed by atoms with E-state index < -0.39 is 6.03 Å². The van der Waals surface area contributed by atoms with Crippen LogP contribution < -0.4 is 15.5 Å². The van der Waals surface area contributed by atoms with Crippen LogP contribution in [0.4, 0.5) is 10.5 Å². The first-order chi connectivity index (χ1) is 12.0. The molecule has 0 spiro atoms. The van der Waals surface area contributed by atoms with Crippen molar-refractivity contribution in [2.24, 2.45) is 0 Å². The zero-order valence-corrected chi connectivity index (χ0v) is 15.7. The molecule has 1 aromatic rings. The Morgan fingerprint density at radius 1 is 1.20 bits per heavy atom. The van der Waals surface area contributed by atoms with Crippen LogP contribution in [-0.4, -0.2) is 56.1 Å². The van der Waals surface area contributed by atoms with Crippen LogP contribution in [0, 0.1) is 6.92 Å². The standard InChI is InChI=1S/C18H27ClN4O2/c1-3-4-7-20-18(25)21-17(24)13-22-8-10-23(11-9-22)16-12-15(19)6-5-14(16)2/h5-6,12H,3-4,7-11,13H2,1-2H3,(H2,20,21,24,25). The van der Waals surface area contributed by atoms with E-state index in [1.807, 2.05) is 18.2 Å². The van der Waals surface area contributed by atoms with Crippen LogP contribution in [0.2, 0.25) is 5.02 Å². The molecular formula is C18H27ClN4O2. The first-order valence-electron chi connectivity index (χ1n) is 8.80. The number of rotatable bonds is 6. The van der Waals surface area contributed by atoms with E-state index in [-0.39, 0.29) is 12.5 Å². The first-order valence-corrected chi connectivity index (χ1v) is 9.18. The highest BCUT2D eigenvalue weighted by Crippen LogP contribution is 2.25. The molecule has 0 radical (unpaired) electrons. The molecule has 1 fully saturated rings. The Bertz CT molecular complexity index is 601. The molecule has 6 nitrogen and oxygen atoms in total. The fraction of sp³-hybridized carbons (Fsp3) is 0.556. The third kappa shape index (κ3) is 6.21. The molecule has 1 saturated heterocycles. The summed E-state index contributed by atoms with van der Waals surface area (Å²) in [6.07, 6.45) is 1.91. The molecule has 0 unspecified atom stereocenters. The van der Waals surface area contributed by atoms with Gasteiger partial charge in [-0.15, -0.1) is 0 Å². The third-order valence-corrected chi connectivity index (χ3v) is 4.56. The molecule has 1 aliphatic heterocycles. The summed E-state index contributed by atoms with van der Waals surface area (Å²) in [5.74, 6) is -0.263. The van der Waals surface area contributed by atoms with Crippen LogP contribution in [0.5, 0.6) is 0 Å². The number of carbonyl (C=O) groups excluding carboxylic acids is 2. The summed E-state index contributed by atoms with van der Waals surface area (Å²) in [7, 11) is 0. The fourth-order valence-electron chi connectivity index (χ4n) is 2.86. The summed E-state index contributed by atoms with van der Waals surface area (Å²) >= 11 is 6.10. The van der Waals surface area contributed by atoms with Crippen molar-refractivity contribution in [1.29, 1.82) is 0 Å². The van der Waals surface area contributed by atoms with Crippen LogP contribution >= 0.6 is 11.6 Å². The minimum Gasteiger partial charge on any atom is -0.369 e. The molecule has 3 amide bonds. The van der Waals surface area contributed by atoms with Gasteiger partial charge in [0.05, 0.1) is 6.54 Å². The van der Waals surface area contributed by atoms with Crippen molar-refractivity contribution in [2.75, 3.05) is 44.2 Å². The number of anilines is 1. The number of piperazine rings is 1. The molecule has 0 saturated carbocycles. The SMILES string of the molecule is CCCCNC(=O)NC(=O)CN1CCN(c2cc(Cl)ccc2C)CC1. The van der Waals surface area contributed by atoms with Crippen molar-refractivity contribution in [3.05, 3.63) is 28.8 Å². The van der Waals surface area contributed by atoms with Gasteiger partial charge in [0.2, 0.25) is 5.91 Å². The number of hydrogen-bond acceptors (Lipinski definition) is 4. The second-order valence-electron chi connectivity index (χ2n) is 6.35. The Morgan fingerprint density at radius 3 is 2.60 bits per heavy atom. The van der Waals surface area contributed by atoms with E-state index in [1.54, 1.807) is 0 Å². The van der Waals surface area contributed by atoms with Crippen LogP contribution in [-0.2, 0) is 4.79 Å². The Morgan fingerprint density at radius 2 is 1.92 bits per heavy atom. The lowest BCUT2D eigenvalue weighted by atomic mass is 10.1. The number of urea groups is 1. The number of benzene rings is 1. The normalized spacial score (nSPS) is 15.1. The molecule has 0 aliphatic carbocycles. The van der Waals surface area contributed by atoms with E-state index in [1.165, 1.54) is 5.56 Å². The molecule has 0 atom stereocenters.